The number of nitrogens with one attached hydrogen (secondary N) is 1. The largest absolute Gasteiger partial charge is 0.369 e. The number of halogens is 2. The van der Waals surface area contributed by atoms with Gasteiger partial charge in [0.15, 0.2) is 0 Å². The minimum Gasteiger partial charge on any atom is -0.369 e. The molecule has 7 heteroatoms. The van der Waals surface area contributed by atoms with E-state index >= 15 is 0 Å². The molecule has 3 rings (SSSR count). The van der Waals surface area contributed by atoms with Crippen LogP contribution in [0, 0.1) is 6.92 Å². The van der Waals surface area contributed by atoms with Gasteiger partial charge in [-0.05, 0) is 44.0 Å². The second-order valence-corrected chi connectivity index (χ2v) is 7.65. The SMILES string of the molecule is CCCN(C(=O)CCN1CCN(c2cccc(C)c2)CC1)C1CCNC1.Cl.Cl. The van der Waals surface area contributed by atoms with Gasteiger partial charge in [-0.15, -0.1) is 24.8 Å². The van der Waals surface area contributed by atoms with E-state index in [9.17, 15) is 4.79 Å². The van der Waals surface area contributed by atoms with E-state index in [1.807, 2.05) is 0 Å². The van der Waals surface area contributed by atoms with Gasteiger partial charge >= 0.3 is 0 Å². The van der Waals surface area contributed by atoms with Gasteiger partial charge in [0, 0.05) is 64.0 Å². The Morgan fingerprint density at radius 3 is 2.57 bits per heavy atom. The lowest BCUT2D eigenvalue weighted by atomic mass is 10.1. The van der Waals surface area contributed by atoms with Crippen molar-refractivity contribution in [1.82, 2.24) is 15.1 Å². The van der Waals surface area contributed by atoms with Gasteiger partial charge in [0.05, 0.1) is 0 Å². The molecule has 160 valence electrons. The molecule has 2 saturated heterocycles. The number of nitrogens with zero attached hydrogens (tertiary/aromatic N) is 3. The van der Waals surface area contributed by atoms with Gasteiger partial charge < -0.3 is 15.1 Å². The van der Waals surface area contributed by atoms with Crippen LogP contribution in [0.2, 0.25) is 0 Å². The monoisotopic (exact) mass is 430 g/mol. The number of carbonyl (C=O) groups is 1. The number of hydrogen-bond acceptors (Lipinski definition) is 4. The van der Waals surface area contributed by atoms with Crippen LogP contribution in [-0.4, -0.2) is 74.1 Å². The normalized spacial score (nSPS) is 19.6. The summed E-state index contributed by atoms with van der Waals surface area (Å²) in [6.07, 6.45) is 2.79. The predicted molar refractivity (Wildman–Crippen MR) is 122 cm³/mol. The number of aryl methyl sites for hydroxylation is 1. The lowest BCUT2D eigenvalue weighted by Crippen LogP contribution is -2.48. The predicted octanol–water partition coefficient (Wildman–Crippen LogP) is 2.95. The van der Waals surface area contributed by atoms with Crippen molar-refractivity contribution in [3.8, 4) is 0 Å². The van der Waals surface area contributed by atoms with Crippen LogP contribution in [0.5, 0.6) is 0 Å². The van der Waals surface area contributed by atoms with Crippen LogP contribution >= 0.6 is 24.8 Å². The van der Waals surface area contributed by atoms with Gasteiger partial charge in [0.1, 0.15) is 0 Å². The molecule has 2 aliphatic rings. The Labute approximate surface area is 182 Å². The number of benzene rings is 1. The van der Waals surface area contributed by atoms with E-state index in [4.69, 9.17) is 0 Å². The highest BCUT2D eigenvalue weighted by atomic mass is 35.5. The summed E-state index contributed by atoms with van der Waals surface area (Å²) < 4.78 is 0. The molecule has 0 saturated carbocycles. The molecule has 1 aromatic carbocycles. The quantitative estimate of drug-likeness (QED) is 0.721. The zero-order chi connectivity index (χ0) is 18.4. The topological polar surface area (TPSA) is 38.8 Å². The van der Waals surface area contributed by atoms with E-state index in [-0.39, 0.29) is 24.8 Å². The number of piperazine rings is 1. The Bertz CT molecular complexity index is 588. The van der Waals surface area contributed by atoms with Crippen molar-refractivity contribution < 1.29 is 4.79 Å². The smallest absolute Gasteiger partial charge is 0.224 e. The number of carbonyl (C=O) groups excluding carboxylic acids is 1. The van der Waals surface area contributed by atoms with Crippen molar-refractivity contribution in [3.63, 3.8) is 0 Å². The third-order valence-corrected chi connectivity index (χ3v) is 5.64. The van der Waals surface area contributed by atoms with E-state index in [0.29, 0.717) is 18.4 Å². The Balaban J connectivity index is 0.00000196. The van der Waals surface area contributed by atoms with E-state index in [0.717, 1.165) is 65.2 Å². The first-order valence-electron chi connectivity index (χ1n) is 10.2. The molecule has 1 N–H and O–H groups in total. The van der Waals surface area contributed by atoms with Crippen molar-refractivity contribution >= 4 is 36.4 Å². The fourth-order valence-corrected chi connectivity index (χ4v) is 4.11. The fourth-order valence-electron chi connectivity index (χ4n) is 4.11. The first-order valence-corrected chi connectivity index (χ1v) is 10.2. The van der Waals surface area contributed by atoms with Crippen LogP contribution < -0.4 is 10.2 Å². The summed E-state index contributed by atoms with van der Waals surface area (Å²) in [7, 11) is 0. The van der Waals surface area contributed by atoms with E-state index < -0.39 is 0 Å². The zero-order valence-corrected chi connectivity index (χ0v) is 18.9. The van der Waals surface area contributed by atoms with Crippen molar-refractivity contribution in [3.05, 3.63) is 29.8 Å². The van der Waals surface area contributed by atoms with Crippen molar-refractivity contribution in [2.75, 3.05) is 57.3 Å². The molecule has 28 heavy (non-hydrogen) atoms. The van der Waals surface area contributed by atoms with Crippen LogP contribution in [-0.2, 0) is 4.79 Å². The van der Waals surface area contributed by atoms with E-state index in [2.05, 4.69) is 58.1 Å². The zero-order valence-electron chi connectivity index (χ0n) is 17.2. The van der Waals surface area contributed by atoms with Crippen molar-refractivity contribution in [1.29, 1.82) is 0 Å². The third kappa shape index (κ3) is 6.80. The minimum atomic E-state index is 0. The summed E-state index contributed by atoms with van der Waals surface area (Å²) in [6.45, 7) is 12.3. The summed E-state index contributed by atoms with van der Waals surface area (Å²) >= 11 is 0. The first kappa shape index (κ1) is 25.0. The van der Waals surface area contributed by atoms with Gasteiger partial charge in [-0.3, -0.25) is 9.69 Å². The Morgan fingerprint density at radius 1 is 1.21 bits per heavy atom. The number of anilines is 1. The molecule has 0 spiro atoms. The highest BCUT2D eigenvalue weighted by Crippen LogP contribution is 2.18. The van der Waals surface area contributed by atoms with Crippen molar-refractivity contribution in [2.45, 2.75) is 39.2 Å². The Morgan fingerprint density at radius 2 is 1.96 bits per heavy atom. The summed E-state index contributed by atoms with van der Waals surface area (Å²) in [4.78, 5) is 19.8. The summed E-state index contributed by atoms with van der Waals surface area (Å²) in [5.41, 5.74) is 2.64. The first-order chi connectivity index (χ1) is 12.7. The number of hydrogen-bond donors (Lipinski definition) is 1. The second-order valence-electron chi connectivity index (χ2n) is 7.65. The number of rotatable bonds is 7. The molecule has 2 heterocycles. The fraction of sp³-hybridized carbons (Fsp3) is 0.667. The van der Waals surface area contributed by atoms with Crippen LogP contribution in [0.3, 0.4) is 0 Å². The molecule has 1 unspecified atom stereocenters. The maximum absolute atomic E-state index is 12.7. The summed E-state index contributed by atoms with van der Waals surface area (Å²) in [5, 5.41) is 3.39. The van der Waals surface area contributed by atoms with Gasteiger partial charge in [-0.25, -0.2) is 0 Å². The third-order valence-electron chi connectivity index (χ3n) is 5.64. The van der Waals surface area contributed by atoms with Gasteiger partial charge in [-0.2, -0.15) is 0 Å². The van der Waals surface area contributed by atoms with E-state index in [1.165, 1.54) is 11.3 Å². The Kier molecular flexibility index (Phi) is 11.2. The molecular formula is C21H36Cl2N4O. The lowest BCUT2D eigenvalue weighted by molar-refractivity contribution is -0.133. The van der Waals surface area contributed by atoms with Crippen LogP contribution in [0.25, 0.3) is 0 Å². The second kappa shape index (κ2) is 12.5. The molecule has 1 aromatic rings. The molecule has 0 aliphatic carbocycles. The minimum absolute atomic E-state index is 0. The van der Waals surface area contributed by atoms with Crippen molar-refractivity contribution in [2.24, 2.45) is 0 Å². The molecule has 2 fully saturated rings. The molecule has 5 nitrogen and oxygen atoms in total. The molecule has 1 atom stereocenters. The maximum atomic E-state index is 12.7. The number of amides is 1. The summed E-state index contributed by atoms with van der Waals surface area (Å²) in [5.74, 6) is 0.335. The van der Waals surface area contributed by atoms with Gasteiger partial charge in [0.25, 0.3) is 0 Å². The van der Waals surface area contributed by atoms with Crippen LogP contribution in [0.4, 0.5) is 5.69 Å². The average Bonchev–Trinajstić information content (AvgIpc) is 3.19. The summed E-state index contributed by atoms with van der Waals surface area (Å²) in [6, 6.07) is 9.14. The molecular weight excluding hydrogens is 395 g/mol. The average molecular weight is 431 g/mol. The van der Waals surface area contributed by atoms with Crippen LogP contribution in [0.1, 0.15) is 31.7 Å². The molecule has 0 radical (unpaired) electrons. The lowest BCUT2D eigenvalue weighted by Gasteiger charge is -2.36. The van der Waals surface area contributed by atoms with E-state index in [1.54, 1.807) is 0 Å². The highest BCUT2D eigenvalue weighted by Gasteiger charge is 2.26. The maximum Gasteiger partial charge on any atom is 0.224 e. The Hall–Kier alpha value is -1.01. The van der Waals surface area contributed by atoms with Gasteiger partial charge in [0.2, 0.25) is 5.91 Å². The molecule has 2 aliphatic heterocycles. The standard InChI is InChI=1S/C21H34N4O.2ClH/c1-3-10-25(20-7-9-22-17-20)21(26)8-11-23-12-14-24(15-13-23)19-6-4-5-18(2)16-19;;/h4-6,16,20,22H,3,7-15,17H2,1-2H3;2*1H. The van der Waals surface area contributed by atoms with Gasteiger partial charge in [-0.1, -0.05) is 19.1 Å². The van der Waals surface area contributed by atoms with Crippen LogP contribution in [0.15, 0.2) is 24.3 Å². The highest BCUT2D eigenvalue weighted by molar-refractivity contribution is 5.85. The molecule has 0 aromatic heterocycles. The molecule has 0 bridgehead atoms. The molecule has 1 amide bonds.